The Morgan fingerprint density at radius 2 is 1.74 bits per heavy atom. The fourth-order valence-electron chi connectivity index (χ4n) is 9.70. The lowest BCUT2D eigenvalue weighted by atomic mass is 9.47. The summed E-state index contributed by atoms with van der Waals surface area (Å²) in [7, 11) is 1.64. The third kappa shape index (κ3) is 5.08. The Kier molecular flexibility index (Phi) is 8.05. The Balaban J connectivity index is 1.24. The molecule has 3 fully saturated rings. The maximum atomic E-state index is 12.8. The second kappa shape index (κ2) is 11.0. The van der Waals surface area contributed by atoms with Gasteiger partial charge in [-0.3, -0.25) is 0 Å². The molecule has 0 aromatic heterocycles. The standard InChI is InChI=1S/C35H52O3/c1-23(2)8-7-9-24(3)30-16-17-31-29-15-12-26-22-28(38-33(36)25-10-13-27(37-6)14-11-25)18-20-34(26,4)32(29)19-21-35(30,31)5/h10-14,23-24,28-32H,7-9,15-22H2,1-6H3. The minimum Gasteiger partial charge on any atom is -0.497 e. The van der Waals surface area contributed by atoms with Gasteiger partial charge in [-0.2, -0.15) is 0 Å². The van der Waals surface area contributed by atoms with Crippen molar-refractivity contribution in [1.29, 1.82) is 0 Å². The second-order valence-electron chi connectivity index (χ2n) is 14.3. The summed E-state index contributed by atoms with van der Waals surface area (Å²) in [5.41, 5.74) is 3.01. The van der Waals surface area contributed by atoms with Crippen molar-refractivity contribution in [2.45, 2.75) is 111 Å². The summed E-state index contributed by atoms with van der Waals surface area (Å²) in [6.07, 6.45) is 16.8. The van der Waals surface area contributed by atoms with Crippen molar-refractivity contribution in [3.8, 4) is 5.75 Å². The third-order valence-corrected chi connectivity index (χ3v) is 11.9. The van der Waals surface area contributed by atoms with Gasteiger partial charge < -0.3 is 9.47 Å². The summed E-state index contributed by atoms with van der Waals surface area (Å²) in [4.78, 5) is 12.8. The molecule has 3 heteroatoms. The molecule has 0 amide bonds. The Morgan fingerprint density at radius 3 is 2.45 bits per heavy atom. The van der Waals surface area contributed by atoms with Crippen LogP contribution in [0, 0.1) is 46.3 Å². The van der Waals surface area contributed by atoms with Crippen LogP contribution in [-0.2, 0) is 4.74 Å². The van der Waals surface area contributed by atoms with E-state index in [0.29, 0.717) is 11.0 Å². The molecule has 4 aliphatic rings. The van der Waals surface area contributed by atoms with E-state index in [1.807, 2.05) is 12.1 Å². The molecule has 0 heterocycles. The van der Waals surface area contributed by atoms with Crippen LogP contribution in [0.3, 0.4) is 0 Å². The van der Waals surface area contributed by atoms with Crippen LogP contribution in [0.2, 0.25) is 0 Å². The van der Waals surface area contributed by atoms with Gasteiger partial charge >= 0.3 is 5.97 Å². The van der Waals surface area contributed by atoms with Crippen LogP contribution < -0.4 is 4.74 Å². The van der Waals surface area contributed by atoms with Gasteiger partial charge in [-0.05, 0) is 116 Å². The monoisotopic (exact) mass is 520 g/mol. The van der Waals surface area contributed by atoms with Gasteiger partial charge in [0.2, 0.25) is 0 Å². The number of hydrogen-bond donors (Lipinski definition) is 0. The van der Waals surface area contributed by atoms with Crippen LogP contribution in [-0.4, -0.2) is 19.2 Å². The molecule has 0 aliphatic heterocycles. The number of carbonyl (C=O) groups is 1. The molecule has 0 radical (unpaired) electrons. The van der Waals surface area contributed by atoms with E-state index in [1.165, 1.54) is 51.4 Å². The van der Waals surface area contributed by atoms with Crippen LogP contribution in [0.1, 0.15) is 116 Å². The first-order valence-corrected chi connectivity index (χ1v) is 15.7. The van der Waals surface area contributed by atoms with Gasteiger partial charge in [-0.25, -0.2) is 4.79 Å². The van der Waals surface area contributed by atoms with Gasteiger partial charge in [0.1, 0.15) is 11.9 Å². The highest BCUT2D eigenvalue weighted by atomic mass is 16.5. The highest BCUT2D eigenvalue weighted by Gasteiger charge is 2.59. The number of methoxy groups -OCH3 is 1. The first-order chi connectivity index (χ1) is 18.2. The van der Waals surface area contributed by atoms with Crippen LogP contribution in [0.25, 0.3) is 0 Å². The smallest absolute Gasteiger partial charge is 0.338 e. The topological polar surface area (TPSA) is 35.5 Å². The van der Waals surface area contributed by atoms with Gasteiger partial charge in [0.05, 0.1) is 12.7 Å². The van der Waals surface area contributed by atoms with E-state index in [4.69, 9.17) is 9.47 Å². The maximum absolute atomic E-state index is 12.8. The molecule has 38 heavy (non-hydrogen) atoms. The number of fused-ring (bicyclic) bond motifs is 5. The summed E-state index contributed by atoms with van der Waals surface area (Å²) >= 11 is 0. The predicted molar refractivity (Wildman–Crippen MR) is 155 cm³/mol. The molecule has 8 atom stereocenters. The zero-order chi connectivity index (χ0) is 27.1. The minimum absolute atomic E-state index is 0.00289. The van der Waals surface area contributed by atoms with Crippen molar-refractivity contribution in [2.24, 2.45) is 46.3 Å². The van der Waals surface area contributed by atoms with Crippen LogP contribution >= 0.6 is 0 Å². The Labute approximate surface area is 232 Å². The van der Waals surface area contributed by atoms with E-state index < -0.39 is 0 Å². The molecule has 3 nitrogen and oxygen atoms in total. The summed E-state index contributed by atoms with van der Waals surface area (Å²) < 4.78 is 11.3. The summed E-state index contributed by atoms with van der Waals surface area (Å²) in [6, 6.07) is 7.26. The van der Waals surface area contributed by atoms with Gasteiger partial charge in [-0.1, -0.05) is 65.5 Å². The number of allylic oxidation sites excluding steroid dienone is 1. The predicted octanol–water partition coefficient (Wildman–Crippen LogP) is 9.26. The Bertz CT molecular complexity index is 1010. The highest BCUT2D eigenvalue weighted by molar-refractivity contribution is 5.89. The quantitative estimate of drug-likeness (QED) is 0.253. The molecule has 8 unspecified atom stereocenters. The van der Waals surface area contributed by atoms with E-state index >= 15 is 0 Å². The van der Waals surface area contributed by atoms with E-state index in [9.17, 15) is 4.79 Å². The van der Waals surface area contributed by atoms with E-state index in [1.54, 1.807) is 24.8 Å². The maximum Gasteiger partial charge on any atom is 0.338 e. The van der Waals surface area contributed by atoms with Crippen LogP contribution in [0.5, 0.6) is 5.75 Å². The number of benzene rings is 1. The van der Waals surface area contributed by atoms with Crippen LogP contribution in [0.15, 0.2) is 35.9 Å². The summed E-state index contributed by atoms with van der Waals surface area (Å²) in [5.74, 6) is 5.68. The molecule has 3 saturated carbocycles. The lowest BCUT2D eigenvalue weighted by Gasteiger charge is -2.58. The summed E-state index contributed by atoms with van der Waals surface area (Å²) in [5, 5.41) is 0. The van der Waals surface area contributed by atoms with E-state index in [0.717, 1.165) is 60.5 Å². The van der Waals surface area contributed by atoms with E-state index in [-0.39, 0.29) is 17.5 Å². The first-order valence-electron chi connectivity index (χ1n) is 15.7. The van der Waals surface area contributed by atoms with Crippen molar-refractivity contribution in [1.82, 2.24) is 0 Å². The molecule has 210 valence electrons. The lowest BCUT2D eigenvalue weighted by molar-refractivity contribution is -0.0594. The number of hydrogen-bond acceptors (Lipinski definition) is 3. The number of carbonyl (C=O) groups excluding carboxylic acids is 1. The molecule has 0 bridgehead atoms. The summed E-state index contributed by atoms with van der Waals surface area (Å²) in [6.45, 7) is 12.5. The van der Waals surface area contributed by atoms with E-state index in [2.05, 4.69) is 40.7 Å². The number of esters is 1. The molecular weight excluding hydrogens is 468 g/mol. The average molecular weight is 521 g/mol. The Hall–Kier alpha value is -1.77. The van der Waals surface area contributed by atoms with Gasteiger partial charge in [0.25, 0.3) is 0 Å². The molecule has 0 saturated heterocycles. The van der Waals surface area contributed by atoms with Crippen molar-refractivity contribution in [3.05, 3.63) is 41.5 Å². The fraction of sp³-hybridized carbons (Fsp3) is 0.743. The van der Waals surface area contributed by atoms with Crippen LogP contribution in [0.4, 0.5) is 0 Å². The fourth-order valence-corrected chi connectivity index (χ4v) is 9.70. The molecule has 1 aromatic carbocycles. The molecular formula is C35H52O3. The average Bonchev–Trinajstić information content (AvgIpc) is 3.26. The van der Waals surface area contributed by atoms with Gasteiger partial charge in [-0.15, -0.1) is 0 Å². The zero-order valence-electron chi connectivity index (χ0n) is 24.9. The van der Waals surface area contributed by atoms with Gasteiger partial charge in [0, 0.05) is 6.42 Å². The second-order valence-corrected chi connectivity index (χ2v) is 14.3. The lowest BCUT2D eigenvalue weighted by Crippen LogP contribution is -2.51. The van der Waals surface area contributed by atoms with Gasteiger partial charge in [0.15, 0.2) is 0 Å². The molecule has 0 N–H and O–H groups in total. The normalized spacial score (nSPS) is 37.0. The zero-order valence-corrected chi connectivity index (χ0v) is 24.9. The largest absolute Gasteiger partial charge is 0.497 e. The molecule has 0 spiro atoms. The Morgan fingerprint density at radius 1 is 0.974 bits per heavy atom. The van der Waals surface area contributed by atoms with Crippen molar-refractivity contribution < 1.29 is 14.3 Å². The molecule has 1 aromatic rings. The SMILES string of the molecule is COc1ccc(C(=O)OC2CCC3(C)C(=CCC4C3CCC3(C)C(C(C)CCCC(C)C)CCC43)C2)cc1. The van der Waals surface area contributed by atoms with Crippen molar-refractivity contribution in [2.75, 3.05) is 7.11 Å². The molecule has 5 rings (SSSR count). The minimum atomic E-state index is -0.205. The highest BCUT2D eigenvalue weighted by Crippen LogP contribution is 2.67. The van der Waals surface area contributed by atoms with Crippen molar-refractivity contribution in [3.63, 3.8) is 0 Å². The number of rotatable bonds is 8. The number of ether oxygens (including phenoxy) is 2. The van der Waals surface area contributed by atoms with Crippen molar-refractivity contribution >= 4 is 5.97 Å². The third-order valence-electron chi connectivity index (χ3n) is 11.9. The first kappa shape index (κ1) is 27.8. The molecule has 4 aliphatic carbocycles.